The number of rotatable bonds is 2. The van der Waals surface area contributed by atoms with E-state index in [2.05, 4.69) is 26.8 Å². The van der Waals surface area contributed by atoms with Gasteiger partial charge in [-0.15, -0.1) is 0 Å². The van der Waals surface area contributed by atoms with Crippen molar-refractivity contribution in [3.05, 3.63) is 23.3 Å². The summed E-state index contributed by atoms with van der Waals surface area (Å²) in [5.74, 6) is -0.109. The first-order valence-electron chi connectivity index (χ1n) is 10.1. The number of carbonyl (C=O) groups is 1. The van der Waals surface area contributed by atoms with Gasteiger partial charge in [-0.3, -0.25) is 4.79 Å². The van der Waals surface area contributed by atoms with Crippen LogP contribution in [0.3, 0.4) is 0 Å². The Labute approximate surface area is 162 Å². The Morgan fingerprint density at radius 1 is 1.37 bits per heavy atom. The van der Waals surface area contributed by atoms with Crippen LogP contribution >= 0.6 is 0 Å². The van der Waals surface area contributed by atoms with E-state index in [1.165, 1.54) is 12.5 Å². The largest absolute Gasteiger partial charge is 0.456 e. The highest BCUT2D eigenvalue weighted by Crippen LogP contribution is 2.49. The van der Waals surface area contributed by atoms with Crippen LogP contribution in [-0.2, 0) is 19.0 Å². The molecule has 0 amide bonds. The second-order valence-electron chi connectivity index (χ2n) is 9.10. The molecule has 6 atom stereocenters. The number of epoxide rings is 1. The number of fused-ring (bicyclic) bond motifs is 3. The molecule has 2 bridgehead atoms. The lowest BCUT2D eigenvalue weighted by Gasteiger charge is -2.33. The molecule has 0 aromatic carbocycles. The predicted octanol–water partition coefficient (Wildman–Crippen LogP) is 3.70. The average molecular weight is 379 g/mol. The topological polar surface area (TPSA) is 68.3 Å². The molecule has 27 heavy (non-hydrogen) atoms. The average Bonchev–Trinajstić information content (AvgIpc) is 3.02. The molecule has 3 rings (SSSR count). The first kappa shape index (κ1) is 20.6. The lowest BCUT2D eigenvalue weighted by molar-refractivity contribution is -0.166. The van der Waals surface area contributed by atoms with Crippen LogP contribution in [0.25, 0.3) is 0 Å². The van der Waals surface area contributed by atoms with Crippen LogP contribution in [0, 0.1) is 5.92 Å². The summed E-state index contributed by atoms with van der Waals surface area (Å²) in [5.41, 5.74) is 0.840. The zero-order valence-electron chi connectivity index (χ0n) is 17.5. The molecule has 5 nitrogen and oxygen atoms in total. The number of ether oxygens (including phenoxy) is 3. The second kappa shape index (κ2) is 7.34. The lowest BCUT2D eigenvalue weighted by atomic mass is 9.85. The summed E-state index contributed by atoms with van der Waals surface area (Å²) in [4.78, 5) is 11.9. The fourth-order valence-electron chi connectivity index (χ4n) is 4.38. The summed E-state index contributed by atoms with van der Waals surface area (Å²) in [6.07, 6.45) is 6.22. The monoisotopic (exact) mass is 378 g/mol. The molecule has 1 saturated heterocycles. The summed E-state index contributed by atoms with van der Waals surface area (Å²) in [6, 6.07) is 0. The lowest BCUT2D eigenvalue weighted by Crippen LogP contribution is -2.47. The Morgan fingerprint density at radius 3 is 2.70 bits per heavy atom. The van der Waals surface area contributed by atoms with Gasteiger partial charge in [-0.05, 0) is 57.9 Å². The van der Waals surface area contributed by atoms with Crippen molar-refractivity contribution in [2.45, 2.75) is 103 Å². The smallest absolute Gasteiger partial charge is 0.303 e. The van der Waals surface area contributed by atoms with E-state index in [0.717, 1.165) is 24.8 Å². The van der Waals surface area contributed by atoms with E-state index in [1.54, 1.807) is 0 Å². The van der Waals surface area contributed by atoms with E-state index in [4.69, 9.17) is 14.2 Å². The van der Waals surface area contributed by atoms with Crippen molar-refractivity contribution in [3.63, 3.8) is 0 Å². The predicted molar refractivity (Wildman–Crippen MR) is 103 cm³/mol. The van der Waals surface area contributed by atoms with Gasteiger partial charge in [0.25, 0.3) is 0 Å². The van der Waals surface area contributed by atoms with Crippen molar-refractivity contribution >= 4 is 5.97 Å². The molecule has 0 spiro atoms. The first-order chi connectivity index (χ1) is 12.5. The highest BCUT2D eigenvalue weighted by atomic mass is 16.7. The number of allylic oxidation sites excluding steroid dienone is 2. The fraction of sp³-hybridized carbons (Fsp3) is 0.773. The molecule has 1 fully saturated rings. The molecule has 6 unspecified atom stereocenters. The summed E-state index contributed by atoms with van der Waals surface area (Å²) in [6.45, 7) is 11.6. The zero-order valence-corrected chi connectivity index (χ0v) is 17.5. The third-order valence-corrected chi connectivity index (χ3v) is 6.30. The van der Waals surface area contributed by atoms with Gasteiger partial charge in [-0.1, -0.05) is 31.6 Å². The van der Waals surface area contributed by atoms with E-state index >= 15 is 0 Å². The SMILES string of the molecule is CC(=O)OC1C2OC(C=C2C(C)C)C(C)(O)CCC=C(C)CCC2OC21C. The Balaban J connectivity index is 1.98. The molecular formula is C22H34O5. The molecule has 152 valence electrons. The molecule has 3 aliphatic rings. The van der Waals surface area contributed by atoms with E-state index in [1.807, 2.05) is 19.9 Å². The van der Waals surface area contributed by atoms with Gasteiger partial charge in [0.05, 0.1) is 11.7 Å². The maximum Gasteiger partial charge on any atom is 0.303 e. The Kier molecular flexibility index (Phi) is 5.59. The minimum Gasteiger partial charge on any atom is -0.456 e. The van der Waals surface area contributed by atoms with Crippen LogP contribution in [0.2, 0.25) is 0 Å². The summed E-state index contributed by atoms with van der Waals surface area (Å²) < 4.78 is 18.2. The van der Waals surface area contributed by atoms with Gasteiger partial charge in [0.2, 0.25) is 0 Å². The number of hydrogen-bond acceptors (Lipinski definition) is 5. The quantitative estimate of drug-likeness (QED) is 0.451. The van der Waals surface area contributed by atoms with E-state index in [0.29, 0.717) is 6.42 Å². The minimum atomic E-state index is -0.981. The molecule has 1 N–H and O–H groups in total. The van der Waals surface area contributed by atoms with Gasteiger partial charge >= 0.3 is 5.97 Å². The van der Waals surface area contributed by atoms with Crippen molar-refractivity contribution in [1.82, 2.24) is 0 Å². The summed E-state index contributed by atoms with van der Waals surface area (Å²) in [5, 5.41) is 11.1. The summed E-state index contributed by atoms with van der Waals surface area (Å²) in [7, 11) is 0. The minimum absolute atomic E-state index is 0.0440. The van der Waals surface area contributed by atoms with Crippen LogP contribution in [0.15, 0.2) is 23.3 Å². The van der Waals surface area contributed by atoms with Crippen LogP contribution < -0.4 is 0 Å². The van der Waals surface area contributed by atoms with E-state index in [9.17, 15) is 9.90 Å². The Bertz CT molecular complexity index is 647. The molecule has 0 aromatic rings. The number of hydrogen-bond donors (Lipinski definition) is 1. The Morgan fingerprint density at radius 2 is 2.07 bits per heavy atom. The van der Waals surface area contributed by atoms with Crippen molar-refractivity contribution < 1.29 is 24.1 Å². The molecule has 0 aliphatic carbocycles. The third kappa shape index (κ3) is 4.15. The van der Waals surface area contributed by atoms with Crippen LogP contribution in [0.4, 0.5) is 0 Å². The molecule has 5 heteroatoms. The van der Waals surface area contributed by atoms with Gasteiger partial charge in [0.15, 0.2) is 6.10 Å². The number of esters is 1. The first-order valence-corrected chi connectivity index (χ1v) is 10.1. The van der Waals surface area contributed by atoms with Gasteiger partial charge < -0.3 is 19.3 Å². The van der Waals surface area contributed by atoms with Crippen molar-refractivity contribution in [1.29, 1.82) is 0 Å². The highest BCUT2D eigenvalue weighted by Gasteiger charge is 2.63. The normalized spacial score (nSPS) is 42.2. The van der Waals surface area contributed by atoms with Crippen molar-refractivity contribution in [2.75, 3.05) is 0 Å². The van der Waals surface area contributed by atoms with Crippen LogP contribution in [-0.4, -0.2) is 46.7 Å². The Hall–Kier alpha value is -1.17. The van der Waals surface area contributed by atoms with Crippen molar-refractivity contribution in [2.24, 2.45) is 5.92 Å². The molecule has 0 radical (unpaired) electrons. The maximum atomic E-state index is 11.9. The van der Waals surface area contributed by atoms with Gasteiger partial charge in [-0.25, -0.2) is 0 Å². The molecule has 0 saturated carbocycles. The van der Waals surface area contributed by atoms with E-state index < -0.39 is 29.5 Å². The molecule has 3 aliphatic heterocycles. The van der Waals surface area contributed by atoms with Gasteiger partial charge in [-0.2, -0.15) is 0 Å². The highest BCUT2D eigenvalue weighted by molar-refractivity contribution is 5.66. The van der Waals surface area contributed by atoms with E-state index in [-0.39, 0.29) is 18.0 Å². The van der Waals surface area contributed by atoms with Gasteiger partial charge in [0.1, 0.15) is 17.8 Å². The molecule has 3 heterocycles. The fourth-order valence-corrected chi connectivity index (χ4v) is 4.38. The molecular weight excluding hydrogens is 344 g/mol. The molecule has 0 aromatic heterocycles. The van der Waals surface area contributed by atoms with Crippen molar-refractivity contribution in [3.8, 4) is 0 Å². The van der Waals surface area contributed by atoms with Crippen LogP contribution in [0.5, 0.6) is 0 Å². The maximum absolute atomic E-state index is 11.9. The number of aliphatic hydroxyl groups is 1. The third-order valence-electron chi connectivity index (χ3n) is 6.30. The summed E-state index contributed by atoms with van der Waals surface area (Å²) >= 11 is 0. The van der Waals surface area contributed by atoms with Crippen LogP contribution in [0.1, 0.15) is 67.2 Å². The second-order valence-corrected chi connectivity index (χ2v) is 9.10. The van der Waals surface area contributed by atoms with Gasteiger partial charge in [0, 0.05) is 6.92 Å². The zero-order chi connectivity index (χ0) is 20.0. The number of carbonyl (C=O) groups excluding carboxylic acids is 1. The standard InChI is InChI=1S/C22H34O5/c1-13(2)16-12-18-21(5,24)11-7-8-14(3)9-10-17-22(6,27-17)20(19(16)26-18)25-15(4)23/h8,12-13,17-20,24H,7,9-11H2,1-6H3.